The molecule has 0 heterocycles. The van der Waals surface area contributed by atoms with E-state index in [2.05, 4.69) is 36.5 Å². The smallest absolute Gasteiger partial charge is 0.220 e. The minimum Gasteiger partial charge on any atom is -0.350 e. The van der Waals surface area contributed by atoms with Crippen LogP contribution in [-0.4, -0.2) is 20.6 Å². The highest BCUT2D eigenvalue weighted by molar-refractivity contribution is 7.90. The molecule has 0 aliphatic rings. The monoisotopic (exact) mass is 359 g/mol. The van der Waals surface area contributed by atoms with Crippen molar-refractivity contribution in [1.82, 2.24) is 5.32 Å². The van der Waals surface area contributed by atoms with Crippen LogP contribution in [0.2, 0.25) is 0 Å². The average Bonchev–Trinajstić information content (AvgIpc) is 2.59. The molecule has 1 N–H and O–H groups in total. The molecule has 5 heteroatoms. The summed E-state index contributed by atoms with van der Waals surface area (Å²) in [5.41, 5.74) is 3.32. The molecule has 2 aromatic rings. The van der Waals surface area contributed by atoms with Crippen molar-refractivity contribution in [2.24, 2.45) is 0 Å². The number of carbonyl (C=O) groups excluding carboxylic acids is 1. The Hall–Kier alpha value is -2.14. The molecule has 0 spiro atoms. The lowest BCUT2D eigenvalue weighted by Crippen LogP contribution is -2.26. The van der Waals surface area contributed by atoms with Gasteiger partial charge < -0.3 is 5.32 Å². The van der Waals surface area contributed by atoms with Crippen molar-refractivity contribution in [3.05, 3.63) is 65.2 Å². The summed E-state index contributed by atoms with van der Waals surface area (Å²) in [6.45, 7) is 4.01. The molecule has 1 amide bonds. The van der Waals surface area contributed by atoms with Gasteiger partial charge in [0.05, 0.1) is 10.9 Å². The van der Waals surface area contributed by atoms with Crippen molar-refractivity contribution in [3.8, 4) is 0 Å². The topological polar surface area (TPSA) is 63.2 Å². The zero-order chi connectivity index (χ0) is 18.4. The number of hydrogen-bond donors (Lipinski definition) is 1. The summed E-state index contributed by atoms with van der Waals surface area (Å²) in [5.74, 6) is -0.0146. The van der Waals surface area contributed by atoms with E-state index in [0.29, 0.717) is 12.8 Å². The van der Waals surface area contributed by atoms with Crippen LogP contribution in [0.4, 0.5) is 0 Å². The first kappa shape index (κ1) is 19.2. The molecule has 1 unspecified atom stereocenters. The SMILES string of the molecule is CCc1ccc(CCC(=O)NC(C)c2ccc(S(C)(=O)=O)cc2)cc1. The van der Waals surface area contributed by atoms with Crippen molar-refractivity contribution < 1.29 is 13.2 Å². The van der Waals surface area contributed by atoms with Gasteiger partial charge in [0, 0.05) is 12.7 Å². The third kappa shape index (κ3) is 5.71. The maximum absolute atomic E-state index is 12.1. The van der Waals surface area contributed by atoms with Crippen LogP contribution >= 0.6 is 0 Å². The third-order valence-electron chi connectivity index (χ3n) is 4.26. The minimum absolute atomic E-state index is 0.0146. The fourth-order valence-corrected chi connectivity index (χ4v) is 3.23. The van der Waals surface area contributed by atoms with Gasteiger partial charge in [-0.05, 0) is 48.6 Å². The predicted octanol–water partition coefficient (Wildman–Crippen LogP) is 3.46. The van der Waals surface area contributed by atoms with Gasteiger partial charge in [-0.3, -0.25) is 4.79 Å². The van der Waals surface area contributed by atoms with E-state index in [9.17, 15) is 13.2 Å². The average molecular weight is 359 g/mol. The molecule has 0 saturated carbocycles. The predicted molar refractivity (Wildman–Crippen MR) is 100 cm³/mol. The van der Waals surface area contributed by atoms with Crippen molar-refractivity contribution >= 4 is 15.7 Å². The van der Waals surface area contributed by atoms with E-state index in [1.54, 1.807) is 24.3 Å². The van der Waals surface area contributed by atoms with Crippen LogP contribution in [0.25, 0.3) is 0 Å². The molecule has 0 aromatic heterocycles. The second-order valence-corrected chi connectivity index (χ2v) is 8.32. The Morgan fingerprint density at radius 2 is 1.56 bits per heavy atom. The molecule has 4 nitrogen and oxygen atoms in total. The molecule has 0 bridgehead atoms. The fourth-order valence-electron chi connectivity index (χ4n) is 2.60. The highest BCUT2D eigenvalue weighted by atomic mass is 32.2. The lowest BCUT2D eigenvalue weighted by Gasteiger charge is -2.15. The first-order valence-corrected chi connectivity index (χ1v) is 10.4. The van der Waals surface area contributed by atoms with Gasteiger partial charge in [-0.25, -0.2) is 8.42 Å². The lowest BCUT2D eigenvalue weighted by atomic mass is 10.1. The highest BCUT2D eigenvalue weighted by Crippen LogP contribution is 2.16. The van der Waals surface area contributed by atoms with Crippen LogP contribution in [0.5, 0.6) is 0 Å². The molecule has 2 aromatic carbocycles. The molecule has 0 aliphatic heterocycles. The van der Waals surface area contributed by atoms with Crippen molar-refractivity contribution in [2.75, 3.05) is 6.26 Å². The van der Waals surface area contributed by atoms with E-state index in [0.717, 1.165) is 17.5 Å². The molecular weight excluding hydrogens is 334 g/mol. The molecule has 1 atom stereocenters. The van der Waals surface area contributed by atoms with Gasteiger partial charge in [0.15, 0.2) is 9.84 Å². The molecule has 2 rings (SSSR count). The number of carbonyl (C=O) groups is 1. The molecule has 0 aliphatic carbocycles. The Kier molecular flexibility index (Phi) is 6.37. The van der Waals surface area contributed by atoms with Crippen molar-refractivity contribution in [1.29, 1.82) is 0 Å². The van der Waals surface area contributed by atoms with E-state index in [1.165, 1.54) is 11.8 Å². The van der Waals surface area contributed by atoms with Crippen LogP contribution in [0.3, 0.4) is 0 Å². The Labute approximate surface area is 150 Å². The highest BCUT2D eigenvalue weighted by Gasteiger charge is 2.12. The number of hydrogen-bond acceptors (Lipinski definition) is 3. The fraction of sp³-hybridized carbons (Fsp3) is 0.350. The van der Waals surface area contributed by atoms with Crippen molar-refractivity contribution in [3.63, 3.8) is 0 Å². The van der Waals surface area contributed by atoms with Crippen LogP contribution < -0.4 is 5.32 Å². The van der Waals surface area contributed by atoms with E-state index in [-0.39, 0.29) is 16.8 Å². The minimum atomic E-state index is -3.20. The summed E-state index contributed by atoms with van der Waals surface area (Å²) in [5, 5.41) is 2.96. The Morgan fingerprint density at radius 1 is 1.00 bits per heavy atom. The largest absolute Gasteiger partial charge is 0.350 e. The van der Waals surface area contributed by atoms with Gasteiger partial charge in [0.25, 0.3) is 0 Å². The van der Waals surface area contributed by atoms with Gasteiger partial charge in [-0.15, -0.1) is 0 Å². The summed E-state index contributed by atoms with van der Waals surface area (Å²) >= 11 is 0. The Balaban J connectivity index is 1.88. The first-order valence-electron chi connectivity index (χ1n) is 8.47. The zero-order valence-electron chi connectivity index (χ0n) is 15.0. The maximum atomic E-state index is 12.1. The van der Waals surface area contributed by atoms with E-state index in [1.807, 2.05) is 6.92 Å². The van der Waals surface area contributed by atoms with Gasteiger partial charge in [-0.1, -0.05) is 43.3 Å². The van der Waals surface area contributed by atoms with Gasteiger partial charge in [-0.2, -0.15) is 0 Å². The lowest BCUT2D eigenvalue weighted by molar-refractivity contribution is -0.121. The van der Waals surface area contributed by atoms with E-state index >= 15 is 0 Å². The van der Waals surface area contributed by atoms with E-state index in [4.69, 9.17) is 0 Å². The summed E-state index contributed by atoms with van der Waals surface area (Å²) in [7, 11) is -3.20. The number of sulfone groups is 1. The zero-order valence-corrected chi connectivity index (χ0v) is 15.8. The van der Waals surface area contributed by atoms with E-state index < -0.39 is 9.84 Å². The van der Waals surface area contributed by atoms with Crippen LogP contribution in [0.15, 0.2) is 53.4 Å². The normalized spacial score (nSPS) is 12.6. The number of rotatable bonds is 7. The van der Waals surface area contributed by atoms with Crippen LogP contribution in [0, 0.1) is 0 Å². The first-order chi connectivity index (χ1) is 11.8. The second kappa shape index (κ2) is 8.30. The number of benzene rings is 2. The van der Waals surface area contributed by atoms with Gasteiger partial charge in [0.2, 0.25) is 5.91 Å². The summed E-state index contributed by atoms with van der Waals surface area (Å²) in [4.78, 5) is 12.4. The second-order valence-electron chi connectivity index (χ2n) is 6.30. The molecule has 0 saturated heterocycles. The van der Waals surface area contributed by atoms with Gasteiger partial charge in [0.1, 0.15) is 0 Å². The summed E-state index contributed by atoms with van der Waals surface area (Å²) in [6, 6.07) is 14.8. The molecule has 0 fully saturated rings. The van der Waals surface area contributed by atoms with Crippen LogP contribution in [-0.2, 0) is 27.5 Å². The quantitative estimate of drug-likeness (QED) is 0.823. The van der Waals surface area contributed by atoms with Gasteiger partial charge >= 0.3 is 0 Å². The Morgan fingerprint density at radius 3 is 2.08 bits per heavy atom. The number of amides is 1. The summed E-state index contributed by atoms with van der Waals surface area (Å²) < 4.78 is 23.0. The number of nitrogens with one attached hydrogen (secondary N) is 1. The van der Waals surface area contributed by atoms with Crippen LogP contribution in [0.1, 0.15) is 43.0 Å². The molecule has 25 heavy (non-hydrogen) atoms. The van der Waals surface area contributed by atoms with Crippen molar-refractivity contribution in [2.45, 2.75) is 44.0 Å². The molecule has 134 valence electrons. The molecule has 0 radical (unpaired) electrons. The molecular formula is C20H25NO3S. The number of aryl methyl sites for hydroxylation is 2. The third-order valence-corrected chi connectivity index (χ3v) is 5.39. The summed E-state index contributed by atoms with van der Waals surface area (Å²) in [6.07, 6.45) is 3.32. The standard InChI is InChI=1S/C20H25NO3S/c1-4-16-5-7-17(8-6-16)9-14-20(22)21-15(2)18-10-12-19(13-11-18)25(3,23)24/h5-8,10-13,15H,4,9,14H2,1-3H3,(H,21,22). The Bertz CT molecular complexity index is 809. The maximum Gasteiger partial charge on any atom is 0.220 e.